The Balaban J connectivity index is 1.72. The highest BCUT2D eigenvalue weighted by molar-refractivity contribution is 6.31. The molecule has 0 spiro atoms. The van der Waals surface area contributed by atoms with Crippen LogP contribution in [0.25, 0.3) is 21.8 Å². The van der Waals surface area contributed by atoms with Gasteiger partial charge in [-0.25, -0.2) is 0 Å². The van der Waals surface area contributed by atoms with Crippen molar-refractivity contribution in [2.75, 3.05) is 7.11 Å². The topological polar surface area (TPSA) is 34.2 Å². The number of aromatic amines is 1. The zero-order valence-electron chi connectivity index (χ0n) is 14.1. The fraction of sp³-hybridized carbons (Fsp3) is 0.143. The first-order chi connectivity index (χ1) is 12.2. The first kappa shape index (κ1) is 15.9. The van der Waals surface area contributed by atoms with Crippen LogP contribution in [0.1, 0.15) is 11.1 Å². The van der Waals surface area contributed by atoms with Gasteiger partial charge in [0.05, 0.1) is 18.1 Å². The summed E-state index contributed by atoms with van der Waals surface area (Å²) >= 11 is 6.21. The van der Waals surface area contributed by atoms with E-state index in [4.69, 9.17) is 21.1 Å². The van der Waals surface area contributed by atoms with Crippen LogP contribution in [0.2, 0.25) is 5.02 Å². The molecule has 0 aliphatic rings. The fourth-order valence-corrected chi connectivity index (χ4v) is 3.32. The number of methoxy groups -OCH3 is 1. The second-order valence-electron chi connectivity index (χ2n) is 6.03. The highest BCUT2D eigenvalue weighted by atomic mass is 35.5. The summed E-state index contributed by atoms with van der Waals surface area (Å²) in [5.41, 5.74) is 4.20. The van der Waals surface area contributed by atoms with Gasteiger partial charge >= 0.3 is 0 Å². The number of nitrogens with one attached hydrogen (secondary N) is 1. The quantitative estimate of drug-likeness (QED) is 0.499. The molecule has 4 heteroatoms. The van der Waals surface area contributed by atoms with Crippen LogP contribution in [-0.2, 0) is 6.61 Å². The van der Waals surface area contributed by atoms with Crippen molar-refractivity contribution >= 4 is 33.4 Å². The Labute approximate surface area is 151 Å². The predicted molar refractivity (Wildman–Crippen MR) is 103 cm³/mol. The van der Waals surface area contributed by atoms with E-state index in [-0.39, 0.29) is 0 Å². The molecule has 3 aromatic carbocycles. The number of hydrogen-bond donors (Lipinski definition) is 1. The van der Waals surface area contributed by atoms with Crippen molar-refractivity contribution < 1.29 is 9.47 Å². The maximum atomic E-state index is 6.21. The van der Waals surface area contributed by atoms with E-state index in [1.807, 2.05) is 42.5 Å². The number of hydrogen-bond acceptors (Lipinski definition) is 2. The average Bonchev–Trinajstić information content (AvgIpc) is 3.01. The molecular formula is C21H18ClNO2. The largest absolute Gasteiger partial charge is 0.497 e. The highest BCUT2D eigenvalue weighted by Crippen LogP contribution is 2.34. The van der Waals surface area contributed by atoms with Crippen molar-refractivity contribution in [3.8, 4) is 11.5 Å². The molecule has 0 saturated heterocycles. The minimum absolute atomic E-state index is 0.445. The van der Waals surface area contributed by atoms with E-state index in [9.17, 15) is 0 Å². The molecule has 1 heterocycles. The fourth-order valence-electron chi connectivity index (χ4n) is 3.13. The molecule has 0 amide bonds. The van der Waals surface area contributed by atoms with Gasteiger partial charge in [-0.15, -0.1) is 0 Å². The number of rotatable bonds is 4. The van der Waals surface area contributed by atoms with Gasteiger partial charge in [0.15, 0.2) is 0 Å². The van der Waals surface area contributed by atoms with Gasteiger partial charge in [0.2, 0.25) is 0 Å². The van der Waals surface area contributed by atoms with E-state index in [0.717, 1.165) is 38.7 Å². The number of aryl methyl sites for hydroxylation is 1. The van der Waals surface area contributed by atoms with Crippen molar-refractivity contribution in [1.29, 1.82) is 0 Å². The summed E-state index contributed by atoms with van der Waals surface area (Å²) in [6, 6.07) is 17.9. The summed E-state index contributed by atoms with van der Waals surface area (Å²) in [5.74, 6) is 1.69. The van der Waals surface area contributed by atoms with E-state index in [0.29, 0.717) is 6.61 Å². The second-order valence-corrected chi connectivity index (χ2v) is 6.44. The summed E-state index contributed by atoms with van der Waals surface area (Å²) in [7, 11) is 1.68. The van der Waals surface area contributed by atoms with E-state index >= 15 is 0 Å². The molecular weight excluding hydrogens is 334 g/mol. The highest BCUT2D eigenvalue weighted by Gasteiger charge is 2.11. The van der Waals surface area contributed by atoms with Crippen molar-refractivity contribution in [2.24, 2.45) is 0 Å². The Hall–Kier alpha value is -2.65. The monoisotopic (exact) mass is 351 g/mol. The normalized spacial score (nSPS) is 11.2. The van der Waals surface area contributed by atoms with Crippen LogP contribution in [0.4, 0.5) is 0 Å². The van der Waals surface area contributed by atoms with Gasteiger partial charge in [-0.3, -0.25) is 0 Å². The van der Waals surface area contributed by atoms with Crippen LogP contribution >= 0.6 is 11.6 Å². The van der Waals surface area contributed by atoms with Crippen LogP contribution in [0.3, 0.4) is 0 Å². The number of halogens is 1. The predicted octanol–water partition coefficient (Wildman–Crippen LogP) is 5.87. The van der Waals surface area contributed by atoms with E-state index in [1.165, 1.54) is 10.8 Å². The van der Waals surface area contributed by atoms with Crippen molar-refractivity contribution in [3.05, 3.63) is 70.7 Å². The molecule has 0 radical (unpaired) electrons. The Kier molecular flexibility index (Phi) is 4.02. The van der Waals surface area contributed by atoms with E-state index < -0.39 is 0 Å². The van der Waals surface area contributed by atoms with Crippen LogP contribution < -0.4 is 9.47 Å². The molecule has 0 saturated carbocycles. The third kappa shape index (κ3) is 2.81. The lowest BCUT2D eigenvalue weighted by molar-refractivity contribution is 0.304. The van der Waals surface area contributed by atoms with Gasteiger partial charge in [0.1, 0.15) is 18.1 Å². The Morgan fingerprint density at radius 3 is 2.60 bits per heavy atom. The van der Waals surface area contributed by atoms with Gasteiger partial charge in [0, 0.05) is 33.0 Å². The standard InChI is InChI=1S/C21H18ClNO2/c1-13-20(25-12-14-5-3-4-6-18(14)22)10-9-17-16-8-7-15(24-2)11-19(16)23-21(13)17/h3-11,23H,12H2,1-2H3. The number of H-pyrrole nitrogens is 1. The molecule has 0 atom stereocenters. The second kappa shape index (κ2) is 6.34. The van der Waals surface area contributed by atoms with Gasteiger partial charge < -0.3 is 14.5 Å². The lowest BCUT2D eigenvalue weighted by atomic mass is 10.1. The zero-order chi connectivity index (χ0) is 17.4. The maximum Gasteiger partial charge on any atom is 0.124 e. The number of fused-ring (bicyclic) bond motifs is 3. The molecule has 1 aromatic heterocycles. The van der Waals surface area contributed by atoms with Gasteiger partial charge in [-0.2, -0.15) is 0 Å². The Morgan fingerprint density at radius 2 is 1.80 bits per heavy atom. The smallest absolute Gasteiger partial charge is 0.124 e. The summed E-state index contributed by atoms with van der Waals surface area (Å²) in [6.07, 6.45) is 0. The van der Waals surface area contributed by atoms with Gasteiger partial charge in [-0.1, -0.05) is 29.8 Å². The average molecular weight is 352 g/mol. The molecule has 1 N–H and O–H groups in total. The molecule has 0 fully saturated rings. The van der Waals surface area contributed by atoms with Crippen LogP contribution in [0, 0.1) is 6.92 Å². The number of ether oxygens (including phenoxy) is 2. The molecule has 0 unspecified atom stereocenters. The van der Waals surface area contributed by atoms with Crippen molar-refractivity contribution in [3.63, 3.8) is 0 Å². The SMILES string of the molecule is COc1ccc2c(c1)[nH]c1c(C)c(OCc3ccccc3Cl)ccc12. The molecule has 0 aliphatic heterocycles. The molecule has 126 valence electrons. The molecule has 0 aliphatic carbocycles. The lowest BCUT2D eigenvalue weighted by Gasteiger charge is -2.11. The lowest BCUT2D eigenvalue weighted by Crippen LogP contribution is -1.98. The van der Waals surface area contributed by atoms with Crippen molar-refractivity contribution in [1.82, 2.24) is 4.98 Å². The molecule has 25 heavy (non-hydrogen) atoms. The summed E-state index contributed by atoms with van der Waals surface area (Å²) in [5, 5.41) is 3.08. The molecule has 0 bridgehead atoms. The Bertz CT molecular complexity index is 1070. The summed E-state index contributed by atoms with van der Waals surface area (Å²) in [4.78, 5) is 3.48. The van der Waals surface area contributed by atoms with Crippen LogP contribution in [0.5, 0.6) is 11.5 Å². The van der Waals surface area contributed by atoms with E-state index in [1.54, 1.807) is 7.11 Å². The zero-order valence-corrected chi connectivity index (χ0v) is 14.9. The Morgan fingerprint density at radius 1 is 1.00 bits per heavy atom. The summed E-state index contributed by atoms with van der Waals surface area (Å²) in [6.45, 7) is 2.51. The molecule has 4 aromatic rings. The van der Waals surface area contributed by atoms with Crippen LogP contribution in [0.15, 0.2) is 54.6 Å². The third-order valence-corrected chi connectivity index (χ3v) is 4.90. The third-order valence-electron chi connectivity index (χ3n) is 4.53. The molecule has 4 rings (SSSR count). The summed E-state index contributed by atoms with van der Waals surface area (Å²) < 4.78 is 11.3. The number of benzene rings is 3. The minimum atomic E-state index is 0.445. The number of aromatic nitrogens is 1. The maximum absolute atomic E-state index is 6.21. The first-order valence-corrected chi connectivity index (χ1v) is 8.50. The van der Waals surface area contributed by atoms with Crippen molar-refractivity contribution in [2.45, 2.75) is 13.5 Å². The minimum Gasteiger partial charge on any atom is -0.497 e. The van der Waals surface area contributed by atoms with Crippen LogP contribution in [-0.4, -0.2) is 12.1 Å². The van der Waals surface area contributed by atoms with Gasteiger partial charge in [0.25, 0.3) is 0 Å². The first-order valence-electron chi connectivity index (χ1n) is 8.12. The van der Waals surface area contributed by atoms with Gasteiger partial charge in [-0.05, 0) is 37.3 Å². The van der Waals surface area contributed by atoms with E-state index in [2.05, 4.69) is 24.0 Å². The molecule has 3 nitrogen and oxygen atoms in total.